The number of amides is 1. The summed E-state index contributed by atoms with van der Waals surface area (Å²) in [5, 5.41) is 12.7. The molecular weight excluding hydrogens is 254 g/mol. The second-order valence-corrected chi connectivity index (χ2v) is 6.03. The quantitative estimate of drug-likeness (QED) is 0.888. The molecule has 0 aromatic heterocycles. The van der Waals surface area contributed by atoms with Crippen molar-refractivity contribution < 1.29 is 14.6 Å². The van der Waals surface area contributed by atoms with Gasteiger partial charge in [-0.25, -0.2) is 0 Å². The van der Waals surface area contributed by atoms with Crippen molar-refractivity contribution in [2.75, 3.05) is 13.7 Å². The fraction of sp³-hybridized carbons (Fsp3) is 0.562. The highest BCUT2D eigenvalue weighted by Gasteiger charge is 2.39. The molecule has 20 heavy (non-hydrogen) atoms. The van der Waals surface area contributed by atoms with Gasteiger partial charge in [0.2, 0.25) is 0 Å². The van der Waals surface area contributed by atoms with E-state index in [4.69, 9.17) is 4.74 Å². The predicted molar refractivity (Wildman–Crippen MR) is 75.9 cm³/mol. The molecule has 3 unspecified atom stereocenters. The number of methoxy groups -OCH3 is 1. The second kappa shape index (κ2) is 5.35. The summed E-state index contributed by atoms with van der Waals surface area (Å²) in [6, 6.07) is 4.71. The summed E-state index contributed by atoms with van der Waals surface area (Å²) in [7, 11) is 1.54. The lowest BCUT2D eigenvalue weighted by Crippen LogP contribution is -2.31. The van der Waals surface area contributed by atoms with E-state index in [1.54, 1.807) is 19.2 Å². The topological polar surface area (TPSA) is 58.6 Å². The predicted octanol–water partition coefficient (Wildman–Crippen LogP) is 2.57. The fourth-order valence-corrected chi connectivity index (χ4v) is 3.77. The van der Waals surface area contributed by atoms with Gasteiger partial charge in [0.15, 0.2) is 0 Å². The van der Waals surface area contributed by atoms with E-state index in [-0.39, 0.29) is 17.2 Å². The molecule has 0 spiro atoms. The van der Waals surface area contributed by atoms with Crippen molar-refractivity contribution in [3.63, 3.8) is 0 Å². The van der Waals surface area contributed by atoms with Gasteiger partial charge >= 0.3 is 0 Å². The molecule has 2 aliphatic carbocycles. The molecule has 2 bridgehead atoms. The zero-order valence-corrected chi connectivity index (χ0v) is 11.8. The van der Waals surface area contributed by atoms with Crippen LogP contribution in [0.4, 0.5) is 0 Å². The molecule has 2 N–H and O–H groups in total. The minimum Gasteiger partial charge on any atom is -0.507 e. The molecule has 1 aromatic rings. The Morgan fingerprint density at radius 1 is 1.40 bits per heavy atom. The van der Waals surface area contributed by atoms with E-state index in [9.17, 15) is 9.90 Å². The standard InChI is InChI=1S/C16H21NO3/c1-20-13-4-5-15(18)14(8-13)16(19)17-9-12-7-10-2-3-11(12)6-10/h4-5,8,10-12,18H,2-3,6-7,9H2,1H3,(H,17,19). The van der Waals surface area contributed by atoms with Crippen LogP contribution in [-0.2, 0) is 0 Å². The van der Waals surface area contributed by atoms with Gasteiger partial charge in [-0.3, -0.25) is 4.79 Å². The summed E-state index contributed by atoms with van der Waals surface area (Å²) in [6.45, 7) is 0.719. The largest absolute Gasteiger partial charge is 0.507 e. The summed E-state index contributed by atoms with van der Waals surface area (Å²) in [5.41, 5.74) is 0.285. The normalized spacial score (nSPS) is 27.6. The maximum absolute atomic E-state index is 12.2. The average Bonchev–Trinajstić information content (AvgIpc) is 3.07. The number of nitrogens with one attached hydrogen (secondary N) is 1. The first-order valence-electron chi connectivity index (χ1n) is 7.32. The fourth-order valence-electron chi connectivity index (χ4n) is 3.77. The van der Waals surface area contributed by atoms with E-state index in [2.05, 4.69) is 5.32 Å². The van der Waals surface area contributed by atoms with E-state index < -0.39 is 0 Å². The molecule has 1 aromatic carbocycles. The summed E-state index contributed by atoms with van der Waals surface area (Å²) < 4.78 is 5.09. The number of benzene rings is 1. The first kappa shape index (κ1) is 13.3. The first-order chi connectivity index (χ1) is 9.67. The third-order valence-corrected chi connectivity index (χ3v) is 4.86. The molecule has 4 heteroatoms. The summed E-state index contributed by atoms with van der Waals surface area (Å²) in [6.07, 6.45) is 5.27. The number of rotatable bonds is 4. The smallest absolute Gasteiger partial charge is 0.255 e. The number of ether oxygens (including phenoxy) is 1. The molecule has 3 rings (SSSR count). The number of hydrogen-bond acceptors (Lipinski definition) is 3. The van der Waals surface area contributed by atoms with Crippen molar-refractivity contribution in [1.29, 1.82) is 0 Å². The van der Waals surface area contributed by atoms with Crippen LogP contribution in [0.1, 0.15) is 36.0 Å². The van der Waals surface area contributed by atoms with Crippen molar-refractivity contribution in [2.24, 2.45) is 17.8 Å². The highest BCUT2D eigenvalue weighted by Crippen LogP contribution is 2.47. The van der Waals surface area contributed by atoms with Crippen LogP contribution in [0.2, 0.25) is 0 Å². The molecule has 3 atom stereocenters. The lowest BCUT2D eigenvalue weighted by atomic mass is 9.89. The molecule has 2 aliphatic rings. The van der Waals surface area contributed by atoms with Gasteiger partial charge < -0.3 is 15.2 Å². The highest BCUT2D eigenvalue weighted by atomic mass is 16.5. The SMILES string of the molecule is COc1ccc(O)c(C(=O)NCC2CC3CCC2C3)c1. The lowest BCUT2D eigenvalue weighted by molar-refractivity contribution is 0.0938. The van der Waals surface area contributed by atoms with E-state index in [0.717, 1.165) is 18.4 Å². The van der Waals surface area contributed by atoms with Crippen LogP contribution in [0, 0.1) is 17.8 Å². The second-order valence-electron chi connectivity index (χ2n) is 6.03. The third kappa shape index (κ3) is 2.47. The number of carbonyl (C=O) groups is 1. The van der Waals surface area contributed by atoms with Crippen LogP contribution in [0.25, 0.3) is 0 Å². The maximum atomic E-state index is 12.2. The molecule has 1 amide bonds. The monoisotopic (exact) mass is 275 g/mol. The van der Waals surface area contributed by atoms with Crippen molar-refractivity contribution in [1.82, 2.24) is 5.32 Å². The zero-order valence-electron chi connectivity index (χ0n) is 11.8. The van der Waals surface area contributed by atoms with E-state index >= 15 is 0 Å². The van der Waals surface area contributed by atoms with Gasteiger partial charge in [-0.1, -0.05) is 6.42 Å². The number of phenolic OH excluding ortho intramolecular Hbond substituents is 1. The van der Waals surface area contributed by atoms with Crippen LogP contribution in [0.15, 0.2) is 18.2 Å². The highest BCUT2D eigenvalue weighted by molar-refractivity contribution is 5.97. The van der Waals surface area contributed by atoms with Crippen molar-refractivity contribution in [2.45, 2.75) is 25.7 Å². The van der Waals surface area contributed by atoms with Crippen LogP contribution in [0.5, 0.6) is 11.5 Å². The first-order valence-corrected chi connectivity index (χ1v) is 7.32. The van der Waals surface area contributed by atoms with Crippen LogP contribution in [0.3, 0.4) is 0 Å². The number of carbonyl (C=O) groups excluding carboxylic acids is 1. The molecule has 0 heterocycles. The Kier molecular flexibility index (Phi) is 3.55. The maximum Gasteiger partial charge on any atom is 0.255 e. The summed E-state index contributed by atoms with van der Waals surface area (Å²) in [5.74, 6) is 2.64. The Morgan fingerprint density at radius 2 is 2.25 bits per heavy atom. The Labute approximate surface area is 119 Å². The minimum absolute atomic E-state index is 0.00348. The summed E-state index contributed by atoms with van der Waals surface area (Å²) >= 11 is 0. The van der Waals surface area contributed by atoms with Crippen molar-refractivity contribution >= 4 is 5.91 Å². The van der Waals surface area contributed by atoms with Crippen molar-refractivity contribution in [3.05, 3.63) is 23.8 Å². The van der Waals surface area contributed by atoms with Gasteiger partial charge in [0, 0.05) is 6.54 Å². The van der Waals surface area contributed by atoms with Crippen LogP contribution < -0.4 is 10.1 Å². The van der Waals surface area contributed by atoms with E-state index in [1.165, 1.54) is 31.7 Å². The van der Waals surface area contributed by atoms with Crippen LogP contribution >= 0.6 is 0 Å². The number of phenols is 1. The molecule has 4 nitrogen and oxygen atoms in total. The lowest BCUT2D eigenvalue weighted by Gasteiger charge is -2.21. The molecule has 2 saturated carbocycles. The van der Waals surface area contributed by atoms with Gasteiger partial charge in [-0.15, -0.1) is 0 Å². The Balaban J connectivity index is 1.61. The third-order valence-electron chi connectivity index (χ3n) is 4.86. The van der Waals surface area contributed by atoms with Crippen molar-refractivity contribution in [3.8, 4) is 11.5 Å². The molecule has 2 fully saturated rings. The molecule has 0 aliphatic heterocycles. The molecule has 0 radical (unpaired) electrons. The van der Waals surface area contributed by atoms with E-state index in [0.29, 0.717) is 11.7 Å². The van der Waals surface area contributed by atoms with E-state index in [1.807, 2.05) is 0 Å². The molecule has 0 saturated heterocycles. The Hall–Kier alpha value is -1.71. The average molecular weight is 275 g/mol. The van der Waals surface area contributed by atoms with Crippen LogP contribution in [-0.4, -0.2) is 24.7 Å². The summed E-state index contributed by atoms with van der Waals surface area (Å²) in [4.78, 5) is 12.2. The van der Waals surface area contributed by atoms with Gasteiger partial charge in [-0.2, -0.15) is 0 Å². The zero-order chi connectivity index (χ0) is 14.1. The number of aromatic hydroxyl groups is 1. The van der Waals surface area contributed by atoms with Gasteiger partial charge in [0.1, 0.15) is 11.5 Å². The Bertz CT molecular complexity index is 514. The molecular formula is C16H21NO3. The number of hydrogen-bond donors (Lipinski definition) is 2. The molecule has 108 valence electrons. The van der Waals surface area contributed by atoms with Gasteiger partial charge in [0.25, 0.3) is 5.91 Å². The van der Waals surface area contributed by atoms with Gasteiger partial charge in [0.05, 0.1) is 12.7 Å². The number of fused-ring (bicyclic) bond motifs is 2. The van der Waals surface area contributed by atoms with Gasteiger partial charge in [-0.05, 0) is 55.2 Å². The Morgan fingerprint density at radius 3 is 2.90 bits per heavy atom. The minimum atomic E-state index is -0.218.